The summed E-state index contributed by atoms with van der Waals surface area (Å²) in [6, 6.07) is 0. The average Bonchev–Trinajstić information content (AvgIpc) is 2.23. The van der Waals surface area contributed by atoms with Gasteiger partial charge in [0, 0.05) is 20.4 Å². The minimum Gasteiger partial charge on any atom is -0.480 e. The molecule has 10 heavy (non-hydrogen) atoms. The molecule has 0 bridgehead atoms. The Balaban J connectivity index is 0. The Labute approximate surface area is 75.6 Å². The summed E-state index contributed by atoms with van der Waals surface area (Å²) >= 11 is 0. The van der Waals surface area contributed by atoms with Gasteiger partial charge in [-0.25, -0.2) is 5.16 Å². The van der Waals surface area contributed by atoms with Crippen LogP contribution in [0, 0.1) is 20.1 Å². The van der Waals surface area contributed by atoms with E-state index in [1.165, 1.54) is 0 Å². The van der Waals surface area contributed by atoms with E-state index in [1.807, 2.05) is 27.7 Å². The van der Waals surface area contributed by atoms with Gasteiger partial charge in [0.2, 0.25) is 0 Å². The van der Waals surface area contributed by atoms with Crippen molar-refractivity contribution in [2.75, 3.05) is 0 Å². The van der Waals surface area contributed by atoms with Crippen LogP contribution in [0.15, 0.2) is 4.52 Å². The molecular weight excluding hydrogens is 300 g/mol. The third kappa shape index (κ3) is 3.81. The van der Waals surface area contributed by atoms with Crippen molar-refractivity contribution in [1.29, 1.82) is 0 Å². The predicted molar refractivity (Wildman–Crippen MR) is 36.2 cm³/mol. The van der Waals surface area contributed by atoms with Crippen LogP contribution in [0.4, 0.5) is 0 Å². The molecule has 0 unspecified atom stereocenters. The van der Waals surface area contributed by atoms with Crippen molar-refractivity contribution < 1.29 is 24.9 Å². The summed E-state index contributed by atoms with van der Waals surface area (Å²) in [6.07, 6.45) is 2.58. The van der Waals surface area contributed by atoms with Gasteiger partial charge >= 0.3 is 0 Å². The van der Waals surface area contributed by atoms with Gasteiger partial charge in [-0.15, -0.1) is 0 Å². The van der Waals surface area contributed by atoms with E-state index >= 15 is 0 Å². The summed E-state index contributed by atoms with van der Waals surface area (Å²) in [5.74, 6) is 0. The Hall–Kier alpha value is -0.128. The first-order chi connectivity index (χ1) is 4.30. The Morgan fingerprint density at radius 3 is 1.90 bits per heavy atom. The fourth-order valence-corrected chi connectivity index (χ4v) is 0.302. The second-order valence-electron chi connectivity index (χ2n) is 1.50. The largest absolute Gasteiger partial charge is 0.480 e. The van der Waals surface area contributed by atoms with Crippen molar-refractivity contribution >= 4 is 0 Å². The Kier molecular flexibility index (Phi) is 8.76. The summed E-state index contributed by atoms with van der Waals surface area (Å²) in [6.45, 7) is 7.79. The molecule has 0 fully saturated rings. The number of aryl methyl sites for hydroxylation is 2. The van der Waals surface area contributed by atoms with Gasteiger partial charge in [-0.05, 0) is 6.26 Å². The molecule has 3 heteroatoms. The zero-order valence-corrected chi connectivity index (χ0v) is 9.45. The van der Waals surface area contributed by atoms with E-state index in [4.69, 9.17) is 0 Å². The summed E-state index contributed by atoms with van der Waals surface area (Å²) in [5, 5.41) is 3.59. The topological polar surface area (TPSA) is 26.0 Å². The van der Waals surface area contributed by atoms with Crippen molar-refractivity contribution in [1.82, 2.24) is 5.16 Å². The molecule has 1 aromatic rings. The molecule has 1 radical (unpaired) electrons. The van der Waals surface area contributed by atoms with E-state index in [9.17, 15) is 0 Å². The van der Waals surface area contributed by atoms with Crippen LogP contribution in [0.5, 0.6) is 0 Å². The van der Waals surface area contributed by atoms with Crippen LogP contribution in [0.3, 0.4) is 0 Å². The van der Waals surface area contributed by atoms with Crippen LogP contribution in [-0.2, 0) is 20.4 Å². The van der Waals surface area contributed by atoms with Gasteiger partial charge in [0.1, 0.15) is 0 Å². The molecule has 0 saturated heterocycles. The summed E-state index contributed by atoms with van der Waals surface area (Å²) in [7, 11) is 0. The Morgan fingerprint density at radius 1 is 1.30 bits per heavy atom. The summed E-state index contributed by atoms with van der Waals surface area (Å²) < 4.78 is 4.47. The Bertz CT molecular complexity index is 146. The van der Waals surface area contributed by atoms with E-state index < -0.39 is 0 Å². The van der Waals surface area contributed by atoms with E-state index in [1.54, 1.807) is 0 Å². The molecule has 2 nitrogen and oxygen atoms in total. The molecule has 0 aliphatic heterocycles. The van der Waals surface area contributed by atoms with Gasteiger partial charge in [0.25, 0.3) is 0 Å². The van der Waals surface area contributed by atoms with Crippen molar-refractivity contribution in [2.45, 2.75) is 27.7 Å². The van der Waals surface area contributed by atoms with E-state index in [-0.39, 0.29) is 20.4 Å². The number of hydrogen-bond acceptors (Lipinski definition) is 2. The quantitative estimate of drug-likeness (QED) is 0.686. The maximum atomic E-state index is 4.47. The fourth-order valence-electron chi connectivity index (χ4n) is 0.302. The van der Waals surface area contributed by atoms with Crippen LogP contribution in [-0.4, -0.2) is 5.16 Å². The molecule has 0 atom stereocenters. The third-order valence-electron chi connectivity index (χ3n) is 0.924. The molecular formula is C7H12NORe-. The van der Waals surface area contributed by atoms with E-state index in [2.05, 4.69) is 15.9 Å². The standard InChI is InChI=1S/C5H6NO.C2H6.Re/c1-4-3-7-6-5(4)2;1-2;/h1-2H3;1-2H3;/q-1;;. The summed E-state index contributed by atoms with van der Waals surface area (Å²) in [4.78, 5) is 0. The fraction of sp³-hybridized carbons (Fsp3) is 0.571. The molecule has 1 heterocycles. The average molecular weight is 312 g/mol. The van der Waals surface area contributed by atoms with Gasteiger partial charge in [0.05, 0.1) is 0 Å². The maximum absolute atomic E-state index is 4.47. The van der Waals surface area contributed by atoms with Crippen molar-refractivity contribution in [2.24, 2.45) is 0 Å². The second-order valence-corrected chi connectivity index (χ2v) is 1.50. The van der Waals surface area contributed by atoms with E-state index in [0.717, 1.165) is 11.3 Å². The molecule has 1 rings (SSSR count). The number of aromatic nitrogens is 1. The zero-order chi connectivity index (χ0) is 7.28. The molecule has 0 N–H and O–H groups in total. The number of rotatable bonds is 0. The number of nitrogens with zero attached hydrogens (tertiary/aromatic N) is 1. The van der Waals surface area contributed by atoms with Gasteiger partial charge in [-0.1, -0.05) is 33.4 Å². The zero-order valence-electron chi connectivity index (χ0n) is 6.73. The first kappa shape index (κ1) is 12.5. The minimum absolute atomic E-state index is 0. The van der Waals surface area contributed by atoms with Crippen LogP contribution < -0.4 is 0 Å². The predicted octanol–water partition coefficient (Wildman–Crippen LogP) is 2.12. The van der Waals surface area contributed by atoms with Gasteiger partial charge in [-0.3, -0.25) is 0 Å². The molecule has 0 aromatic carbocycles. The molecule has 0 saturated carbocycles. The molecule has 0 spiro atoms. The van der Waals surface area contributed by atoms with E-state index in [0.29, 0.717) is 0 Å². The second kappa shape index (κ2) is 6.99. The summed E-state index contributed by atoms with van der Waals surface area (Å²) in [5.41, 5.74) is 1.90. The molecule has 0 aliphatic carbocycles. The minimum atomic E-state index is 0. The monoisotopic (exact) mass is 313 g/mol. The van der Waals surface area contributed by atoms with Crippen molar-refractivity contribution in [3.05, 3.63) is 17.5 Å². The van der Waals surface area contributed by atoms with Gasteiger partial charge < -0.3 is 4.52 Å². The molecule has 0 aliphatic rings. The molecule has 59 valence electrons. The molecule has 0 amide bonds. The van der Waals surface area contributed by atoms with Gasteiger partial charge in [0.15, 0.2) is 0 Å². The van der Waals surface area contributed by atoms with Crippen molar-refractivity contribution in [3.8, 4) is 0 Å². The van der Waals surface area contributed by atoms with Crippen LogP contribution in [0.1, 0.15) is 25.1 Å². The SMILES string of the molecule is CC.Cc1[c-]onc1C.[Re]. The van der Waals surface area contributed by atoms with Crippen LogP contribution in [0.2, 0.25) is 0 Å². The first-order valence-corrected chi connectivity index (χ1v) is 3.11. The van der Waals surface area contributed by atoms with Gasteiger partial charge in [-0.2, -0.15) is 5.56 Å². The Morgan fingerprint density at radius 2 is 1.80 bits per heavy atom. The third-order valence-corrected chi connectivity index (χ3v) is 0.924. The normalized spacial score (nSPS) is 7.20. The van der Waals surface area contributed by atoms with Crippen LogP contribution >= 0.6 is 0 Å². The smallest absolute Gasteiger partial charge is 0 e. The van der Waals surface area contributed by atoms with Crippen molar-refractivity contribution in [3.63, 3.8) is 0 Å². The first-order valence-electron chi connectivity index (χ1n) is 3.11. The maximum Gasteiger partial charge on any atom is 0 e. The van der Waals surface area contributed by atoms with Crippen LogP contribution in [0.25, 0.3) is 0 Å². The molecule has 1 aromatic heterocycles. The number of hydrogen-bond donors (Lipinski definition) is 0.